The Morgan fingerprint density at radius 2 is 2.20 bits per heavy atom. The van der Waals surface area contributed by atoms with E-state index < -0.39 is 6.10 Å². The lowest BCUT2D eigenvalue weighted by Crippen LogP contribution is -2.01. The lowest BCUT2D eigenvalue weighted by atomic mass is 10.1. The largest absolute Gasteiger partial charge is 0.387 e. The Kier molecular flexibility index (Phi) is 5.88. The van der Waals surface area contributed by atoms with Crippen LogP contribution in [0.25, 0.3) is 0 Å². The van der Waals surface area contributed by atoms with Gasteiger partial charge in [0.2, 0.25) is 0 Å². The molecule has 0 bridgehead atoms. The summed E-state index contributed by atoms with van der Waals surface area (Å²) in [7, 11) is 0. The Morgan fingerprint density at radius 1 is 1.40 bits per heavy atom. The van der Waals surface area contributed by atoms with E-state index in [4.69, 9.17) is 0 Å². The van der Waals surface area contributed by atoms with Gasteiger partial charge in [-0.1, -0.05) is 32.6 Å². The molecule has 0 radical (unpaired) electrons. The van der Waals surface area contributed by atoms with Gasteiger partial charge in [0.05, 0.1) is 11.8 Å². The second kappa shape index (κ2) is 6.96. The lowest BCUT2D eigenvalue weighted by Gasteiger charge is -2.11. The highest BCUT2D eigenvalue weighted by molar-refractivity contribution is 9.10. The monoisotopic (exact) mass is 271 g/mol. The van der Waals surface area contributed by atoms with Crippen molar-refractivity contribution in [2.24, 2.45) is 0 Å². The number of nitrogens with zero attached hydrogens (tertiary/aromatic N) is 1. The van der Waals surface area contributed by atoms with Crippen LogP contribution in [0.3, 0.4) is 0 Å². The zero-order valence-electron chi connectivity index (χ0n) is 9.12. The molecule has 15 heavy (non-hydrogen) atoms. The maximum Gasteiger partial charge on any atom is 0.0971 e. The summed E-state index contributed by atoms with van der Waals surface area (Å²) in [5, 5.41) is 9.91. The summed E-state index contributed by atoms with van der Waals surface area (Å²) < 4.78 is 0.896. The van der Waals surface area contributed by atoms with Crippen LogP contribution in [0, 0.1) is 0 Å². The fraction of sp³-hybridized carbons (Fsp3) is 0.583. The average molecular weight is 272 g/mol. The summed E-state index contributed by atoms with van der Waals surface area (Å²) in [5.74, 6) is 0. The molecule has 0 aliphatic rings. The fourth-order valence-corrected chi connectivity index (χ4v) is 2.06. The number of hydrogen-bond acceptors (Lipinski definition) is 2. The Morgan fingerprint density at radius 3 is 2.87 bits per heavy atom. The molecule has 0 fully saturated rings. The number of pyridine rings is 1. The number of aliphatic hydroxyl groups is 1. The molecular formula is C12H18BrNO. The van der Waals surface area contributed by atoms with E-state index >= 15 is 0 Å². The lowest BCUT2D eigenvalue weighted by molar-refractivity contribution is 0.158. The van der Waals surface area contributed by atoms with Crippen LogP contribution >= 0.6 is 15.9 Å². The topological polar surface area (TPSA) is 33.1 Å². The molecule has 1 rings (SSSR count). The highest BCUT2D eigenvalue weighted by atomic mass is 79.9. The van der Waals surface area contributed by atoms with Gasteiger partial charge >= 0.3 is 0 Å². The summed E-state index contributed by atoms with van der Waals surface area (Å²) in [6.45, 7) is 2.19. The number of unbranched alkanes of at least 4 members (excludes halogenated alkanes) is 3. The molecule has 1 aromatic heterocycles. The smallest absolute Gasteiger partial charge is 0.0971 e. The summed E-state index contributed by atoms with van der Waals surface area (Å²) in [6, 6.07) is 3.77. The standard InChI is InChI=1S/C12H18BrNO/c1-2-3-4-5-8-11(15)12-10(13)7-6-9-14-12/h6-7,9,11,15H,2-5,8H2,1H3. The predicted octanol–water partition coefficient (Wildman–Crippen LogP) is 3.85. The van der Waals surface area contributed by atoms with Crippen LogP contribution in [-0.4, -0.2) is 10.1 Å². The van der Waals surface area contributed by atoms with Crippen LogP contribution < -0.4 is 0 Å². The molecule has 3 heteroatoms. The maximum atomic E-state index is 9.91. The SMILES string of the molecule is CCCCCCC(O)c1ncccc1Br. The number of hydrogen-bond donors (Lipinski definition) is 1. The quantitative estimate of drug-likeness (QED) is 0.798. The van der Waals surface area contributed by atoms with Crippen LogP contribution in [0.15, 0.2) is 22.8 Å². The van der Waals surface area contributed by atoms with Gasteiger partial charge in [0.25, 0.3) is 0 Å². The van der Waals surface area contributed by atoms with E-state index in [1.165, 1.54) is 19.3 Å². The first kappa shape index (κ1) is 12.7. The van der Waals surface area contributed by atoms with E-state index in [1.807, 2.05) is 12.1 Å². The van der Waals surface area contributed by atoms with Gasteiger partial charge in [-0.05, 0) is 34.5 Å². The Bertz CT molecular complexity index is 291. The van der Waals surface area contributed by atoms with Gasteiger partial charge in [-0.3, -0.25) is 4.98 Å². The van der Waals surface area contributed by atoms with Crippen molar-refractivity contribution in [3.8, 4) is 0 Å². The normalized spacial score (nSPS) is 12.7. The highest BCUT2D eigenvalue weighted by Gasteiger charge is 2.11. The molecule has 0 aromatic carbocycles. The first-order chi connectivity index (χ1) is 7.25. The third-order valence-electron chi connectivity index (χ3n) is 2.43. The molecule has 1 N–H and O–H groups in total. The zero-order valence-corrected chi connectivity index (χ0v) is 10.7. The van der Waals surface area contributed by atoms with Crippen molar-refractivity contribution in [3.05, 3.63) is 28.5 Å². The van der Waals surface area contributed by atoms with Gasteiger partial charge < -0.3 is 5.11 Å². The van der Waals surface area contributed by atoms with Crippen LogP contribution in [0.5, 0.6) is 0 Å². The molecule has 0 aliphatic heterocycles. The fourth-order valence-electron chi connectivity index (χ4n) is 1.54. The first-order valence-electron chi connectivity index (χ1n) is 5.54. The van der Waals surface area contributed by atoms with Crippen molar-refractivity contribution in [2.45, 2.75) is 45.1 Å². The molecule has 1 unspecified atom stereocenters. The molecule has 84 valence electrons. The second-order valence-corrected chi connectivity index (χ2v) is 4.59. The number of rotatable bonds is 6. The molecule has 1 aromatic rings. The van der Waals surface area contributed by atoms with Crippen LogP contribution in [0.4, 0.5) is 0 Å². The molecule has 0 spiro atoms. The molecule has 1 atom stereocenters. The zero-order chi connectivity index (χ0) is 11.1. The number of aromatic nitrogens is 1. The minimum atomic E-state index is -0.433. The minimum absolute atomic E-state index is 0.433. The summed E-state index contributed by atoms with van der Waals surface area (Å²) in [5.41, 5.74) is 0.758. The molecule has 0 aliphatic carbocycles. The van der Waals surface area contributed by atoms with Crippen molar-refractivity contribution >= 4 is 15.9 Å². The van der Waals surface area contributed by atoms with E-state index in [1.54, 1.807) is 6.20 Å². The van der Waals surface area contributed by atoms with Crippen LogP contribution in [-0.2, 0) is 0 Å². The van der Waals surface area contributed by atoms with Crippen LogP contribution in [0.2, 0.25) is 0 Å². The first-order valence-corrected chi connectivity index (χ1v) is 6.33. The van der Waals surface area contributed by atoms with Gasteiger partial charge in [0.15, 0.2) is 0 Å². The van der Waals surface area contributed by atoms with Crippen molar-refractivity contribution in [3.63, 3.8) is 0 Å². The van der Waals surface area contributed by atoms with E-state index in [0.29, 0.717) is 0 Å². The average Bonchev–Trinajstić information content (AvgIpc) is 2.25. The van der Waals surface area contributed by atoms with Gasteiger partial charge in [0, 0.05) is 10.7 Å². The Labute approximate surface area is 99.9 Å². The molecule has 2 nitrogen and oxygen atoms in total. The van der Waals surface area contributed by atoms with E-state index in [2.05, 4.69) is 27.8 Å². The van der Waals surface area contributed by atoms with E-state index in [9.17, 15) is 5.11 Å². The third kappa shape index (κ3) is 4.31. The van der Waals surface area contributed by atoms with Crippen molar-refractivity contribution in [1.29, 1.82) is 0 Å². The molecule has 0 saturated carbocycles. The second-order valence-electron chi connectivity index (χ2n) is 3.74. The Hall–Kier alpha value is -0.410. The van der Waals surface area contributed by atoms with Crippen molar-refractivity contribution < 1.29 is 5.11 Å². The third-order valence-corrected chi connectivity index (χ3v) is 3.10. The van der Waals surface area contributed by atoms with Crippen molar-refractivity contribution in [2.75, 3.05) is 0 Å². The molecular weight excluding hydrogens is 254 g/mol. The molecule has 0 saturated heterocycles. The number of halogens is 1. The van der Waals surface area contributed by atoms with E-state index in [0.717, 1.165) is 23.0 Å². The highest BCUT2D eigenvalue weighted by Crippen LogP contribution is 2.24. The summed E-state index contributed by atoms with van der Waals surface area (Å²) in [6.07, 6.45) is 6.82. The van der Waals surface area contributed by atoms with E-state index in [-0.39, 0.29) is 0 Å². The predicted molar refractivity (Wildman–Crippen MR) is 65.7 cm³/mol. The number of aliphatic hydroxyl groups excluding tert-OH is 1. The molecule has 1 heterocycles. The van der Waals surface area contributed by atoms with Gasteiger partial charge in [0.1, 0.15) is 0 Å². The van der Waals surface area contributed by atoms with Gasteiger partial charge in [-0.15, -0.1) is 0 Å². The van der Waals surface area contributed by atoms with Gasteiger partial charge in [-0.25, -0.2) is 0 Å². The van der Waals surface area contributed by atoms with Crippen molar-refractivity contribution in [1.82, 2.24) is 4.98 Å². The minimum Gasteiger partial charge on any atom is -0.387 e. The maximum absolute atomic E-state index is 9.91. The summed E-state index contributed by atoms with van der Waals surface area (Å²) in [4.78, 5) is 4.18. The van der Waals surface area contributed by atoms with Crippen LogP contribution in [0.1, 0.15) is 50.8 Å². The van der Waals surface area contributed by atoms with Gasteiger partial charge in [-0.2, -0.15) is 0 Å². The summed E-state index contributed by atoms with van der Waals surface area (Å²) >= 11 is 3.40. The Balaban J connectivity index is 2.40. The molecule has 0 amide bonds.